The minimum Gasteiger partial charge on any atom is -0.444 e. The van der Waals surface area contributed by atoms with Gasteiger partial charge in [0.1, 0.15) is 18.3 Å². The van der Waals surface area contributed by atoms with Crippen LogP contribution in [0.1, 0.15) is 44.1 Å². The summed E-state index contributed by atoms with van der Waals surface area (Å²) < 4.78 is 5.49. The van der Waals surface area contributed by atoms with E-state index in [1.165, 1.54) is 12.7 Å². The van der Waals surface area contributed by atoms with Crippen LogP contribution in [0.25, 0.3) is 0 Å². The fourth-order valence-electron chi connectivity index (χ4n) is 2.63. The highest BCUT2D eigenvalue weighted by molar-refractivity contribution is 5.70. The van der Waals surface area contributed by atoms with Crippen molar-refractivity contribution in [2.24, 2.45) is 0 Å². The number of rotatable bonds is 2. The standard InChI is InChI=1S/C16H19N5O2/c1-16(2,3)23-15(22)21-8-11(12-4-6-17-9-19-12)14(21)13-5-7-18-10-20-13/h4-7,9-11,14H,8H2,1-3H3. The van der Waals surface area contributed by atoms with Gasteiger partial charge in [0, 0.05) is 24.9 Å². The van der Waals surface area contributed by atoms with Crippen LogP contribution in [0.5, 0.6) is 0 Å². The van der Waals surface area contributed by atoms with Gasteiger partial charge in [-0.15, -0.1) is 0 Å². The maximum atomic E-state index is 12.4. The zero-order chi connectivity index (χ0) is 16.4. The molecular weight excluding hydrogens is 294 g/mol. The molecule has 1 aliphatic heterocycles. The zero-order valence-electron chi connectivity index (χ0n) is 13.4. The Morgan fingerprint density at radius 2 is 1.74 bits per heavy atom. The first-order valence-corrected chi connectivity index (χ1v) is 7.47. The minimum absolute atomic E-state index is 0.0698. The van der Waals surface area contributed by atoms with Gasteiger partial charge in [-0.1, -0.05) is 0 Å². The Hall–Kier alpha value is -2.57. The Labute approximate surface area is 134 Å². The average Bonchev–Trinajstić information content (AvgIpc) is 2.46. The van der Waals surface area contributed by atoms with Crippen LogP contribution in [-0.4, -0.2) is 43.1 Å². The minimum atomic E-state index is -0.534. The van der Waals surface area contributed by atoms with Gasteiger partial charge in [0.15, 0.2) is 0 Å². The maximum absolute atomic E-state index is 12.4. The van der Waals surface area contributed by atoms with Crippen LogP contribution in [0, 0.1) is 0 Å². The first-order chi connectivity index (χ1) is 11.0. The number of carbonyl (C=O) groups excluding carboxylic acids is 1. The molecule has 0 spiro atoms. The summed E-state index contributed by atoms with van der Waals surface area (Å²) in [6.07, 6.45) is 6.03. The largest absolute Gasteiger partial charge is 0.444 e. The molecule has 1 fully saturated rings. The lowest BCUT2D eigenvalue weighted by Gasteiger charge is -2.47. The average molecular weight is 313 g/mol. The molecule has 0 aliphatic carbocycles. The third-order valence-corrected chi connectivity index (χ3v) is 3.63. The van der Waals surface area contributed by atoms with E-state index in [9.17, 15) is 4.79 Å². The van der Waals surface area contributed by atoms with E-state index in [1.807, 2.05) is 32.9 Å². The van der Waals surface area contributed by atoms with E-state index < -0.39 is 5.60 Å². The Balaban J connectivity index is 1.86. The first-order valence-electron chi connectivity index (χ1n) is 7.47. The Morgan fingerprint density at radius 3 is 2.26 bits per heavy atom. The predicted octanol–water partition coefficient (Wildman–Crippen LogP) is 2.34. The summed E-state index contributed by atoms with van der Waals surface area (Å²) >= 11 is 0. The van der Waals surface area contributed by atoms with Gasteiger partial charge in [0.05, 0.1) is 17.4 Å². The quantitative estimate of drug-likeness (QED) is 0.846. The molecule has 3 rings (SSSR count). The second-order valence-corrected chi connectivity index (χ2v) is 6.45. The molecule has 3 heterocycles. The van der Waals surface area contributed by atoms with Crippen LogP contribution in [0.4, 0.5) is 4.79 Å². The van der Waals surface area contributed by atoms with Gasteiger partial charge in [-0.2, -0.15) is 0 Å². The fraction of sp³-hybridized carbons (Fsp3) is 0.438. The fourth-order valence-corrected chi connectivity index (χ4v) is 2.63. The maximum Gasteiger partial charge on any atom is 0.410 e. The van der Waals surface area contributed by atoms with Gasteiger partial charge in [0.25, 0.3) is 0 Å². The van der Waals surface area contributed by atoms with Crippen LogP contribution >= 0.6 is 0 Å². The molecule has 2 aromatic rings. The lowest BCUT2D eigenvalue weighted by molar-refractivity contribution is -0.0162. The van der Waals surface area contributed by atoms with Crippen molar-refractivity contribution in [2.45, 2.75) is 38.3 Å². The molecule has 1 amide bonds. The lowest BCUT2D eigenvalue weighted by atomic mass is 9.83. The highest BCUT2D eigenvalue weighted by Crippen LogP contribution is 2.44. The summed E-state index contributed by atoms with van der Waals surface area (Å²) in [5.74, 6) is 0.0698. The second kappa shape index (κ2) is 5.91. The molecular formula is C16H19N5O2. The predicted molar refractivity (Wildman–Crippen MR) is 82.5 cm³/mol. The van der Waals surface area contributed by atoms with Crippen molar-refractivity contribution in [1.29, 1.82) is 0 Å². The van der Waals surface area contributed by atoms with Crippen LogP contribution in [0.2, 0.25) is 0 Å². The number of aromatic nitrogens is 4. The number of likely N-dealkylation sites (tertiary alicyclic amines) is 1. The van der Waals surface area contributed by atoms with Gasteiger partial charge in [-0.3, -0.25) is 4.90 Å². The molecule has 7 heteroatoms. The summed E-state index contributed by atoms with van der Waals surface area (Å²) in [5, 5.41) is 0. The zero-order valence-corrected chi connectivity index (χ0v) is 13.4. The Kier molecular flexibility index (Phi) is 3.94. The van der Waals surface area contributed by atoms with E-state index in [2.05, 4.69) is 19.9 Å². The van der Waals surface area contributed by atoms with Crippen molar-refractivity contribution < 1.29 is 9.53 Å². The summed E-state index contributed by atoms with van der Waals surface area (Å²) in [4.78, 5) is 30.6. The Morgan fingerprint density at radius 1 is 1.13 bits per heavy atom. The molecule has 2 atom stereocenters. The van der Waals surface area contributed by atoms with E-state index in [0.717, 1.165) is 11.4 Å². The molecule has 2 aromatic heterocycles. The number of hydrogen-bond acceptors (Lipinski definition) is 6. The number of ether oxygens (including phenoxy) is 1. The van der Waals surface area contributed by atoms with Crippen LogP contribution in [-0.2, 0) is 4.74 Å². The van der Waals surface area contributed by atoms with Crippen molar-refractivity contribution in [3.05, 3.63) is 48.6 Å². The van der Waals surface area contributed by atoms with Crippen molar-refractivity contribution in [3.8, 4) is 0 Å². The first kappa shape index (κ1) is 15.3. The molecule has 1 aliphatic rings. The smallest absolute Gasteiger partial charge is 0.410 e. The number of nitrogens with zero attached hydrogens (tertiary/aromatic N) is 5. The van der Waals surface area contributed by atoms with Crippen molar-refractivity contribution in [1.82, 2.24) is 24.8 Å². The van der Waals surface area contributed by atoms with E-state index in [0.29, 0.717) is 6.54 Å². The van der Waals surface area contributed by atoms with E-state index in [-0.39, 0.29) is 18.1 Å². The molecule has 2 unspecified atom stereocenters. The molecule has 1 saturated heterocycles. The molecule has 0 saturated carbocycles. The summed E-state index contributed by atoms with van der Waals surface area (Å²) in [6, 6.07) is 3.48. The van der Waals surface area contributed by atoms with Gasteiger partial charge >= 0.3 is 6.09 Å². The lowest BCUT2D eigenvalue weighted by Crippen LogP contribution is -2.53. The number of hydrogen-bond donors (Lipinski definition) is 0. The normalized spacial score (nSPS) is 20.7. The summed E-state index contributed by atoms with van der Waals surface area (Å²) in [6.45, 7) is 6.10. The molecule has 0 bridgehead atoms. The molecule has 7 nitrogen and oxygen atoms in total. The molecule has 0 aromatic carbocycles. The van der Waals surface area contributed by atoms with Gasteiger partial charge in [0.2, 0.25) is 0 Å². The van der Waals surface area contributed by atoms with Crippen LogP contribution in [0.3, 0.4) is 0 Å². The number of amides is 1. The summed E-state index contributed by atoms with van der Waals surface area (Å²) in [5.41, 5.74) is 1.14. The van der Waals surface area contributed by atoms with Gasteiger partial charge in [-0.05, 0) is 32.9 Å². The second-order valence-electron chi connectivity index (χ2n) is 6.45. The monoisotopic (exact) mass is 313 g/mol. The van der Waals surface area contributed by atoms with E-state index in [1.54, 1.807) is 17.3 Å². The molecule has 120 valence electrons. The topological polar surface area (TPSA) is 81.1 Å². The van der Waals surface area contributed by atoms with E-state index in [4.69, 9.17) is 4.74 Å². The highest BCUT2D eigenvalue weighted by Gasteiger charge is 2.46. The van der Waals surface area contributed by atoms with Crippen LogP contribution < -0.4 is 0 Å². The Bertz CT molecular complexity index is 672. The third-order valence-electron chi connectivity index (χ3n) is 3.63. The van der Waals surface area contributed by atoms with Crippen LogP contribution in [0.15, 0.2) is 37.2 Å². The molecule has 23 heavy (non-hydrogen) atoms. The van der Waals surface area contributed by atoms with E-state index >= 15 is 0 Å². The van der Waals surface area contributed by atoms with Crippen molar-refractivity contribution in [3.63, 3.8) is 0 Å². The summed E-state index contributed by atoms with van der Waals surface area (Å²) in [7, 11) is 0. The number of carbonyl (C=O) groups is 1. The van der Waals surface area contributed by atoms with Crippen molar-refractivity contribution >= 4 is 6.09 Å². The third kappa shape index (κ3) is 3.28. The van der Waals surface area contributed by atoms with Gasteiger partial charge in [-0.25, -0.2) is 24.7 Å². The molecule has 0 radical (unpaired) electrons. The van der Waals surface area contributed by atoms with Gasteiger partial charge < -0.3 is 4.74 Å². The SMILES string of the molecule is CC(C)(C)OC(=O)N1CC(c2ccncn2)C1c1ccncn1. The molecule has 0 N–H and O–H groups in total. The highest BCUT2D eigenvalue weighted by atomic mass is 16.6. The van der Waals surface area contributed by atoms with Crippen molar-refractivity contribution in [2.75, 3.05) is 6.54 Å².